The predicted octanol–water partition coefficient (Wildman–Crippen LogP) is 1.30. The molecule has 0 saturated heterocycles. The quantitative estimate of drug-likeness (QED) is 0.802. The molecule has 0 aliphatic heterocycles. The molecule has 0 spiro atoms. The molecule has 0 aliphatic carbocycles. The van der Waals surface area contributed by atoms with Gasteiger partial charge in [-0.2, -0.15) is 0 Å². The van der Waals surface area contributed by atoms with Crippen LogP contribution in [0, 0.1) is 0 Å². The number of methoxy groups -OCH3 is 1. The lowest BCUT2D eigenvalue weighted by Crippen LogP contribution is -2.11. The Balaban J connectivity index is 3.32. The van der Waals surface area contributed by atoms with E-state index in [-0.39, 0.29) is 15.6 Å². The average molecular weight is 236 g/mol. The summed E-state index contributed by atoms with van der Waals surface area (Å²) in [5, 5.41) is 0.113. The fourth-order valence-corrected chi connectivity index (χ4v) is 2.82. The Bertz CT molecular complexity index is 410. The van der Waals surface area contributed by atoms with E-state index in [4.69, 9.17) is 17.3 Å². The third-order valence-corrected chi connectivity index (χ3v) is 3.63. The average Bonchev–Trinajstić information content (AvgIpc) is 2.02. The maximum Gasteiger partial charge on any atom is 0.205 e. The number of benzene rings is 1. The molecule has 14 heavy (non-hydrogen) atoms. The van der Waals surface area contributed by atoms with Crippen molar-refractivity contribution < 1.29 is 13.2 Å². The van der Waals surface area contributed by atoms with Crippen LogP contribution in [0.15, 0.2) is 23.1 Å². The van der Waals surface area contributed by atoms with Gasteiger partial charge in [0.15, 0.2) is 5.94 Å². The van der Waals surface area contributed by atoms with Gasteiger partial charge in [0.2, 0.25) is 9.84 Å². The topological polar surface area (TPSA) is 69.4 Å². The first kappa shape index (κ1) is 11.3. The zero-order valence-electron chi connectivity index (χ0n) is 7.53. The van der Waals surface area contributed by atoms with Gasteiger partial charge in [0.25, 0.3) is 0 Å². The number of anilines is 1. The molecule has 1 aromatic rings. The Morgan fingerprint density at radius 1 is 1.50 bits per heavy atom. The Morgan fingerprint density at radius 3 is 2.64 bits per heavy atom. The van der Waals surface area contributed by atoms with Crippen molar-refractivity contribution in [1.82, 2.24) is 0 Å². The number of nitrogens with two attached hydrogens (primary N) is 1. The summed E-state index contributed by atoms with van der Waals surface area (Å²) in [4.78, 5) is -0.0662. The SMILES string of the molecule is COCS(=O)(=O)c1c(N)cccc1Cl. The summed E-state index contributed by atoms with van der Waals surface area (Å²) in [5.41, 5.74) is 5.65. The highest BCUT2D eigenvalue weighted by molar-refractivity contribution is 7.91. The van der Waals surface area contributed by atoms with Crippen LogP contribution in [0.2, 0.25) is 5.02 Å². The fraction of sp³-hybridized carbons (Fsp3) is 0.250. The number of hydrogen-bond acceptors (Lipinski definition) is 4. The van der Waals surface area contributed by atoms with Gasteiger partial charge in [-0.25, -0.2) is 8.42 Å². The van der Waals surface area contributed by atoms with Gasteiger partial charge in [0, 0.05) is 7.11 Å². The van der Waals surface area contributed by atoms with E-state index in [9.17, 15) is 8.42 Å². The number of hydrogen-bond donors (Lipinski definition) is 1. The van der Waals surface area contributed by atoms with Gasteiger partial charge in [0.1, 0.15) is 4.90 Å². The summed E-state index contributed by atoms with van der Waals surface area (Å²) in [6, 6.07) is 4.54. The molecule has 0 aromatic heterocycles. The lowest BCUT2D eigenvalue weighted by molar-refractivity contribution is 0.250. The van der Waals surface area contributed by atoms with E-state index < -0.39 is 15.8 Å². The van der Waals surface area contributed by atoms with Crippen LogP contribution in [0.1, 0.15) is 0 Å². The van der Waals surface area contributed by atoms with Crippen LogP contribution < -0.4 is 5.73 Å². The van der Waals surface area contributed by atoms with Gasteiger partial charge in [-0.15, -0.1) is 0 Å². The smallest absolute Gasteiger partial charge is 0.205 e. The molecule has 2 N–H and O–H groups in total. The van der Waals surface area contributed by atoms with Crippen molar-refractivity contribution in [2.75, 3.05) is 18.8 Å². The van der Waals surface area contributed by atoms with E-state index in [1.54, 1.807) is 6.07 Å². The molecule has 0 radical (unpaired) electrons. The first-order valence-corrected chi connectivity index (χ1v) is 5.77. The molecule has 6 heteroatoms. The zero-order valence-corrected chi connectivity index (χ0v) is 9.10. The highest BCUT2D eigenvalue weighted by Crippen LogP contribution is 2.27. The molecule has 4 nitrogen and oxygen atoms in total. The fourth-order valence-electron chi connectivity index (χ4n) is 1.07. The maximum absolute atomic E-state index is 11.6. The molecular formula is C8H10ClNO3S. The van der Waals surface area contributed by atoms with Crippen molar-refractivity contribution in [3.63, 3.8) is 0 Å². The highest BCUT2D eigenvalue weighted by Gasteiger charge is 2.20. The summed E-state index contributed by atoms with van der Waals surface area (Å²) in [5.74, 6) is -0.430. The molecule has 1 rings (SSSR count). The number of rotatable bonds is 3. The van der Waals surface area contributed by atoms with Crippen LogP contribution in [-0.4, -0.2) is 21.5 Å². The van der Waals surface area contributed by atoms with Gasteiger partial charge in [-0.05, 0) is 12.1 Å². The number of halogens is 1. The second-order valence-electron chi connectivity index (χ2n) is 2.68. The number of sulfone groups is 1. The zero-order chi connectivity index (χ0) is 10.8. The lowest BCUT2D eigenvalue weighted by atomic mass is 10.3. The standard InChI is InChI=1S/C8H10ClNO3S/c1-13-5-14(11,12)8-6(9)3-2-4-7(8)10/h2-4H,5,10H2,1H3. The highest BCUT2D eigenvalue weighted by atomic mass is 35.5. The first-order valence-electron chi connectivity index (χ1n) is 3.74. The van der Waals surface area contributed by atoms with Gasteiger partial charge in [0.05, 0.1) is 10.7 Å². The molecule has 78 valence electrons. The van der Waals surface area contributed by atoms with E-state index in [0.717, 1.165) is 0 Å². The van der Waals surface area contributed by atoms with Crippen molar-refractivity contribution in [1.29, 1.82) is 0 Å². The number of nitrogen functional groups attached to an aromatic ring is 1. The molecule has 0 atom stereocenters. The van der Waals surface area contributed by atoms with Crippen molar-refractivity contribution in [2.24, 2.45) is 0 Å². The minimum atomic E-state index is -3.55. The van der Waals surface area contributed by atoms with Gasteiger partial charge >= 0.3 is 0 Å². The van der Waals surface area contributed by atoms with Crippen molar-refractivity contribution in [3.05, 3.63) is 23.2 Å². The van der Waals surface area contributed by atoms with Gasteiger partial charge in [-0.1, -0.05) is 17.7 Å². The van der Waals surface area contributed by atoms with Crippen LogP contribution >= 0.6 is 11.6 Å². The maximum atomic E-state index is 11.6. The van der Waals surface area contributed by atoms with Crippen LogP contribution in [-0.2, 0) is 14.6 Å². The van der Waals surface area contributed by atoms with E-state index in [1.807, 2.05) is 0 Å². The van der Waals surface area contributed by atoms with Crippen molar-refractivity contribution in [3.8, 4) is 0 Å². The molecule has 0 bridgehead atoms. The molecule has 0 unspecified atom stereocenters. The van der Waals surface area contributed by atoms with E-state index in [1.165, 1.54) is 19.2 Å². The molecule has 0 amide bonds. The summed E-state index contributed by atoms with van der Waals surface area (Å²) < 4.78 is 27.7. The summed E-state index contributed by atoms with van der Waals surface area (Å²) >= 11 is 5.74. The van der Waals surface area contributed by atoms with Gasteiger partial charge < -0.3 is 10.5 Å². The van der Waals surface area contributed by atoms with Crippen LogP contribution in [0.5, 0.6) is 0 Å². The van der Waals surface area contributed by atoms with Gasteiger partial charge in [-0.3, -0.25) is 0 Å². The Hall–Kier alpha value is -0.780. The molecule has 0 aliphatic rings. The Labute approximate surface area is 87.5 Å². The predicted molar refractivity (Wildman–Crippen MR) is 54.9 cm³/mol. The van der Waals surface area contributed by atoms with Crippen molar-refractivity contribution in [2.45, 2.75) is 4.90 Å². The van der Waals surface area contributed by atoms with E-state index in [2.05, 4.69) is 4.74 Å². The summed E-state index contributed by atoms with van der Waals surface area (Å²) in [6.45, 7) is 0. The van der Waals surface area contributed by atoms with E-state index >= 15 is 0 Å². The normalized spacial score (nSPS) is 11.6. The third-order valence-electron chi connectivity index (χ3n) is 1.58. The number of ether oxygens (including phenoxy) is 1. The van der Waals surface area contributed by atoms with Crippen LogP contribution in [0.25, 0.3) is 0 Å². The monoisotopic (exact) mass is 235 g/mol. The Kier molecular flexibility index (Phi) is 3.36. The minimum Gasteiger partial charge on any atom is -0.398 e. The lowest BCUT2D eigenvalue weighted by Gasteiger charge is -2.07. The van der Waals surface area contributed by atoms with Crippen LogP contribution in [0.3, 0.4) is 0 Å². The van der Waals surface area contributed by atoms with Crippen molar-refractivity contribution >= 4 is 27.1 Å². The summed E-state index contributed by atoms with van der Waals surface area (Å²) in [7, 11) is -2.25. The minimum absolute atomic E-state index is 0.0662. The second-order valence-corrected chi connectivity index (χ2v) is 4.96. The van der Waals surface area contributed by atoms with E-state index in [0.29, 0.717) is 0 Å². The first-order chi connectivity index (χ1) is 6.49. The Morgan fingerprint density at radius 2 is 2.14 bits per heavy atom. The molecular weight excluding hydrogens is 226 g/mol. The molecule has 0 saturated carbocycles. The molecule has 0 fully saturated rings. The third kappa shape index (κ3) is 2.17. The van der Waals surface area contributed by atoms with Crippen LogP contribution in [0.4, 0.5) is 5.69 Å². The summed E-state index contributed by atoms with van der Waals surface area (Å²) in [6.07, 6.45) is 0. The molecule has 1 aromatic carbocycles. The molecule has 0 heterocycles. The largest absolute Gasteiger partial charge is 0.398 e. The second kappa shape index (κ2) is 4.16.